The fraction of sp³-hybridized carbons (Fsp3) is 0.190. The van der Waals surface area contributed by atoms with Crippen molar-refractivity contribution >= 4 is 52.4 Å². The largest absolute Gasteiger partial charge is 0.361 e. The molecule has 0 unspecified atom stereocenters. The molecule has 4 rings (SSSR count). The van der Waals surface area contributed by atoms with Gasteiger partial charge in [0.25, 0.3) is 0 Å². The van der Waals surface area contributed by atoms with E-state index in [0.717, 1.165) is 22.0 Å². The van der Waals surface area contributed by atoms with Crippen LogP contribution in [0.25, 0.3) is 22.3 Å². The van der Waals surface area contributed by atoms with E-state index < -0.39 is 0 Å². The molecular weight excluding hydrogens is 534 g/mol. The number of hydrogen-bond acceptors (Lipinski definition) is 4. The van der Waals surface area contributed by atoms with Crippen LogP contribution in [0.4, 0.5) is 4.39 Å². The zero-order chi connectivity index (χ0) is 20.9. The minimum Gasteiger partial charge on any atom is -0.361 e. The van der Waals surface area contributed by atoms with Gasteiger partial charge in [0, 0.05) is 41.3 Å². The average molecular weight is 555 g/mol. The highest BCUT2D eigenvalue weighted by Gasteiger charge is 2.10. The molecule has 2 heterocycles. The summed E-state index contributed by atoms with van der Waals surface area (Å²) in [5.41, 5.74) is 2.78. The molecule has 4 aromatic rings. The molecular formula is C21H21ClFIN6O. The van der Waals surface area contributed by atoms with Crippen LogP contribution >= 0.6 is 35.6 Å². The Balaban J connectivity index is 0.00000272. The van der Waals surface area contributed by atoms with Gasteiger partial charge in [-0.05, 0) is 54.4 Å². The molecule has 0 spiro atoms. The van der Waals surface area contributed by atoms with Gasteiger partial charge in [0.2, 0.25) is 11.7 Å². The second-order valence-corrected chi connectivity index (χ2v) is 7.06. The van der Waals surface area contributed by atoms with Crippen molar-refractivity contribution in [3.63, 3.8) is 0 Å². The normalized spacial score (nSPS) is 11.4. The number of H-pyrrole nitrogens is 1. The number of halogens is 3. The summed E-state index contributed by atoms with van der Waals surface area (Å²) >= 11 is 5.90. The average Bonchev–Trinajstić information content (AvgIpc) is 3.38. The maximum absolute atomic E-state index is 13.5. The number of rotatable bonds is 6. The Morgan fingerprint density at radius 1 is 1.19 bits per heavy atom. The summed E-state index contributed by atoms with van der Waals surface area (Å²) < 4.78 is 18.8. The van der Waals surface area contributed by atoms with E-state index in [-0.39, 0.29) is 29.8 Å². The Hall–Kier alpha value is -2.66. The molecule has 31 heavy (non-hydrogen) atoms. The van der Waals surface area contributed by atoms with Crippen LogP contribution in [0.3, 0.4) is 0 Å². The molecule has 10 heteroatoms. The summed E-state index contributed by atoms with van der Waals surface area (Å²) in [5, 5.41) is 11.9. The summed E-state index contributed by atoms with van der Waals surface area (Å²) in [6.07, 6.45) is 2.62. The maximum atomic E-state index is 13.5. The lowest BCUT2D eigenvalue weighted by atomic mass is 10.1. The Kier molecular flexibility index (Phi) is 7.85. The van der Waals surface area contributed by atoms with Crippen molar-refractivity contribution < 1.29 is 8.91 Å². The summed E-state index contributed by atoms with van der Waals surface area (Å²) in [4.78, 5) is 11.7. The molecule has 0 amide bonds. The van der Waals surface area contributed by atoms with Gasteiger partial charge in [-0.25, -0.2) is 4.39 Å². The lowest BCUT2D eigenvalue weighted by molar-refractivity contribution is 0.375. The van der Waals surface area contributed by atoms with E-state index in [1.807, 2.05) is 18.3 Å². The fourth-order valence-corrected chi connectivity index (χ4v) is 3.22. The molecule has 0 bridgehead atoms. The van der Waals surface area contributed by atoms with Gasteiger partial charge in [0.05, 0.1) is 6.54 Å². The van der Waals surface area contributed by atoms with Crippen LogP contribution in [0.15, 0.2) is 58.2 Å². The first kappa shape index (κ1) is 23.0. The van der Waals surface area contributed by atoms with Gasteiger partial charge in [0.15, 0.2) is 5.96 Å². The number of aliphatic imine (C=N–C) groups is 1. The Labute approximate surface area is 200 Å². The van der Waals surface area contributed by atoms with Gasteiger partial charge in [0.1, 0.15) is 5.82 Å². The summed E-state index contributed by atoms with van der Waals surface area (Å²) in [6, 6.07) is 12.0. The smallest absolute Gasteiger partial charge is 0.246 e. The minimum atomic E-state index is -0.244. The Bertz CT molecular complexity index is 1170. The van der Waals surface area contributed by atoms with E-state index in [9.17, 15) is 4.39 Å². The number of aromatic nitrogens is 3. The predicted molar refractivity (Wildman–Crippen MR) is 130 cm³/mol. The van der Waals surface area contributed by atoms with Gasteiger partial charge in [-0.15, -0.1) is 24.0 Å². The van der Waals surface area contributed by atoms with Gasteiger partial charge in [-0.2, -0.15) is 4.98 Å². The second kappa shape index (κ2) is 10.6. The number of aromatic amines is 1. The number of hydrogen-bond donors (Lipinski definition) is 3. The molecule has 2 aromatic carbocycles. The first-order chi connectivity index (χ1) is 14.6. The molecule has 162 valence electrons. The van der Waals surface area contributed by atoms with Crippen LogP contribution in [-0.2, 0) is 13.0 Å². The van der Waals surface area contributed by atoms with Crippen molar-refractivity contribution in [3.8, 4) is 11.4 Å². The molecule has 0 aliphatic rings. The molecule has 7 nitrogen and oxygen atoms in total. The van der Waals surface area contributed by atoms with Crippen molar-refractivity contribution in [2.24, 2.45) is 4.99 Å². The van der Waals surface area contributed by atoms with Gasteiger partial charge in [-0.1, -0.05) is 16.8 Å². The van der Waals surface area contributed by atoms with Crippen molar-refractivity contribution in [2.75, 3.05) is 13.6 Å². The Morgan fingerprint density at radius 3 is 2.77 bits per heavy atom. The first-order valence-corrected chi connectivity index (χ1v) is 9.79. The summed E-state index contributed by atoms with van der Waals surface area (Å²) in [6.45, 7) is 0.960. The molecule has 0 atom stereocenters. The lowest BCUT2D eigenvalue weighted by Crippen LogP contribution is -2.37. The van der Waals surface area contributed by atoms with Crippen LogP contribution in [-0.4, -0.2) is 34.7 Å². The van der Waals surface area contributed by atoms with Crippen molar-refractivity contribution in [3.05, 3.63) is 71.0 Å². The van der Waals surface area contributed by atoms with Crippen molar-refractivity contribution in [1.82, 2.24) is 25.8 Å². The number of nitrogens with zero attached hydrogens (tertiary/aromatic N) is 3. The zero-order valence-electron chi connectivity index (χ0n) is 16.7. The van der Waals surface area contributed by atoms with Gasteiger partial charge >= 0.3 is 0 Å². The maximum Gasteiger partial charge on any atom is 0.246 e. The van der Waals surface area contributed by atoms with Crippen LogP contribution in [0.1, 0.15) is 11.5 Å². The molecule has 0 aliphatic carbocycles. The van der Waals surface area contributed by atoms with Crippen molar-refractivity contribution in [1.29, 1.82) is 0 Å². The monoisotopic (exact) mass is 554 g/mol. The quantitative estimate of drug-likeness (QED) is 0.185. The van der Waals surface area contributed by atoms with Crippen LogP contribution in [0, 0.1) is 5.82 Å². The third-order valence-corrected chi connectivity index (χ3v) is 4.87. The highest BCUT2D eigenvalue weighted by atomic mass is 127. The van der Waals surface area contributed by atoms with E-state index in [2.05, 4.69) is 30.8 Å². The molecule has 0 saturated heterocycles. The molecule has 0 fully saturated rings. The number of benzene rings is 2. The van der Waals surface area contributed by atoms with E-state index in [1.165, 1.54) is 6.07 Å². The standard InChI is InChI=1S/C21H20ClFN6O.HI/c1-24-21(25-9-8-14-11-26-18-7-6-16(23)10-17(14)18)27-12-19-28-20(29-30-19)13-2-4-15(22)5-3-13;/h2-7,10-11,26H,8-9,12H2,1H3,(H2,24,25,27);1H. The van der Waals surface area contributed by atoms with E-state index in [0.29, 0.717) is 42.2 Å². The lowest BCUT2D eigenvalue weighted by Gasteiger charge is -2.10. The molecule has 0 radical (unpaired) electrons. The van der Waals surface area contributed by atoms with E-state index in [1.54, 1.807) is 31.3 Å². The topological polar surface area (TPSA) is 91.1 Å². The third-order valence-electron chi connectivity index (χ3n) is 4.62. The first-order valence-electron chi connectivity index (χ1n) is 9.41. The van der Waals surface area contributed by atoms with Crippen LogP contribution in [0.2, 0.25) is 5.02 Å². The number of nitrogens with one attached hydrogen (secondary N) is 3. The second-order valence-electron chi connectivity index (χ2n) is 6.62. The molecule has 0 saturated carbocycles. The highest BCUT2D eigenvalue weighted by Crippen LogP contribution is 2.20. The SMILES string of the molecule is CN=C(NCCc1c[nH]c2ccc(F)cc12)NCc1nc(-c2ccc(Cl)cc2)no1.I. The summed E-state index contributed by atoms with van der Waals surface area (Å²) in [7, 11) is 1.68. The van der Waals surface area contributed by atoms with Crippen LogP contribution in [0.5, 0.6) is 0 Å². The van der Waals surface area contributed by atoms with E-state index in [4.69, 9.17) is 16.1 Å². The van der Waals surface area contributed by atoms with Crippen LogP contribution < -0.4 is 10.6 Å². The Morgan fingerprint density at radius 2 is 2.00 bits per heavy atom. The van der Waals surface area contributed by atoms with Gasteiger partial charge in [-0.3, -0.25) is 4.99 Å². The molecule has 2 aromatic heterocycles. The third kappa shape index (κ3) is 5.73. The number of guanidine groups is 1. The predicted octanol–water partition coefficient (Wildman–Crippen LogP) is 4.54. The fourth-order valence-electron chi connectivity index (χ4n) is 3.10. The molecule has 3 N–H and O–H groups in total. The van der Waals surface area contributed by atoms with Crippen molar-refractivity contribution in [2.45, 2.75) is 13.0 Å². The number of fused-ring (bicyclic) bond motifs is 1. The van der Waals surface area contributed by atoms with E-state index >= 15 is 0 Å². The zero-order valence-corrected chi connectivity index (χ0v) is 19.7. The highest BCUT2D eigenvalue weighted by molar-refractivity contribution is 14.0. The minimum absolute atomic E-state index is 0. The van der Waals surface area contributed by atoms with Gasteiger partial charge < -0.3 is 20.1 Å². The summed E-state index contributed by atoms with van der Waals surface area (Å²) in [5.74, 6) is 1.30. The molecule has 0 aliphatic heterocycles.